The van der Waals surface area contributed by atoms with Crippen LogP contribution in [-0.2, 0) is 4.57 Å². The third-order valence-electron chi connectivity index (χ3n) is 2.27. The summed E-state index contributed by atoms with van der Waals surface area (Å²) >= 11 is 0. The van der Waals surface area contributed by atoms with E-state index in [0.29, 0.717) is 23.8 Å². The Hall–Kier alpha value is -1.61. The van der Waals surface area contributed by atoms with Crippen molar-refractivity contribution in [3.05, 3.63) is 24.3 Å². The Morgan fingerprint density at radius 1 is 1.38 bits per heavy atom. The van der Waals surface area contributed by atoms with E-state index in [-0.39, 0.29) is 0 Å². The van der Waals surface area contributed by atoms with Crippen LogP contribution in [0.2, 0.25) is 0 Å². The molecule has 0 aliphatic carbocycles. The maximum Gasteiger partial charge on any atom is 0.647 e. The topological polar surface area (TPSA) is 56.8 Å². The van der Waals surface area contributed by atoms with Crippen molar-refractivity contribution in [3.63, 3.8) is 0 Å². The van der Waals surface area contributed by atoms with Crippen LogP contribution in [0.15, 0.2) is 24.3 Å². The van der Waals surface area contributed by atoms with Gasteiger partial charge in [-0.1, -0.05) is 12.2 Å². The summed E-state index contributed by atoms with van der Waals surface area (Å²) in [5, 5.41) is 3.13. The molecule has 2 aliphatic rings. The molecule has 0 spiro atoms. The first-order valence-corrected chi connectivity index (χ1v) is 6.27. The summed E-state index contributed by atoms with van der Waals surface area (Å²) in [6, 6.07) is 3.51. The van der Waals surface area contributed by atoms with Crippen LogP contribution in [-0.4, -0.2) is 6.54 Å². The Labute approximate surface area is 92.6 Å². The van der Waals surface area contributed by atoms with E-state index in [0.717, 1.165) is 11.3 Å². The fraction of sp³-hybridized carbons (Fsp3) is 0.200. The second-order valence-corrected chi connectivity index (χ2v) is 5.24. The molecule has 0 aromatic heterocycles. The van der Waals surface area contributed by atoms with Gasteiger partial charge in [0, 0.05) is 6.54 Å². The summed E-state index contributed by atoms with van der Waals surface area (Å²) in [6.45, 7) is 6.33. The highest BCUT2D eigenvalue weighted by Gasteiger charge is 2.50. The van der Waals surface area contributed by atoms with Crippen molar-refractivity contribution in [2.45, 2.75) is 6.92 Å². The number of nitrogens with one attached hydrogen (secondary N) is 1. The standard InChI is InChI=1S/C10H10NO4P/c1-6(2)5-11-7-3-4-8-10-9(7)14-16(12,13-8)15-10/h3-4,11H,1,5H2,2H3. The molecular formula is C10H10NO4P. The molecule has 1 aromatic carbocycles. The Balaban J connectivity index is 1.97. The van der Waals surface area contributed by atoms with Crippen LogP contribution >= 0.6 is 7.82 Å². The van der Waals surface area contributed by atoms with Gasteiger partial charge in [-0.3, -0.25) is 0 Å². The number of anilines is 1. The van der Waals surface area contributed by atoms with Crippen molar-refractivity contribution < 1.29 is 18.1 Å². The number of hydrogen-bond acceptors (Lipinski definition) is 5. The third kappa shape index (κ3) is 1.28. The van der Waals surface area contributed by atoms with Gasteiger partial charge in [-0.05, 0) is 19.1 Å². The molecule has 2 bridgehead atoms. The van der Waals surface area contributed by atoms with Crippen LogP contribution in [0.1, 0.15) is 6.92 Å². The van der Waals surface area contributed by atoms with Crippen molar-refractivity contribution in [2.24, 2.45) is 0 Å². The zero-order valence-electron chi connectivity index (χ0n) is 8.65. The van der Waals surface area contributed by atoms with Gasteiger partial charge in [0.15, 0.2) is 5.75 Å². The minimum atomic E-state index is -3.38. The summed E-state index contributed by atoms with van der Waals surface area (Å²) in [6.07, 6.45) is 0. The first kappa shape index (κ1) is 9.60. The van der Waals surface area contributed by atoms with E-state index in [4.69, 9.17) is 13.6 Å². The molecular weight excluding hydrogens is 229 g/mol. The summed E-state index contributed by atoms with van der Waals surface area (Å²) < 4.78 is 27.0. The minimum absolute atomic E-state index is 0.426. The highest BCUT2D eigenvalue weighted by atomic mass is 31.2. The summed E-state index contributed by atoms with van der Waals surface area (Å²) in [5.41, 5.74) is 1.73. The van der Waals surface area contributed by atoms with E-state index in [2.05, 4.69) is 11.9 Å². The molecule has 2 heterocycles. The van der Waals surface area contributed by atoms with Crippen LogP contribution in [0.3, 0.4) is 0 Å². The Bertz CT molecular complexity index is 540. The summed E-state index contributed by atoms with van der Waals surface area (Å²) in [7, 11) is -3.38. The maximum absolute atomic E-state index is 11.7. The van der Waals surface area contributed by atoms with Gasteiger partial charge >= 0.3 is 7.82 Å². The molecule has 1 atom stereocenters. The molecule has 2 aliphatic heterocycles. The lowest BCUT2D eigenvalue weighted by molar-refractivity contribution is 0.354. The van der Waals surface area contributed by atoms with Gasteiger partial charge in [0.25, 0.3) is 0 Å². The minimum Gasteiger partial charge on any atom is -0.382 e. The predicted octanol–water partition coefficient (Wildman–Crippen LogP) is 2.95. The van der Waals surface area contributed by atoms with Gasteiger partial charge in [-0.2, -0.15) is 4.57 Å². The van der Waals surface area contributed by atoms with Gasteiger partial charge in [0.05, 0.1) is 5.69 Å². The van der Waals surface area contributed by atoms with E-state index in [1.54, 1.807) is 12.1 Å². The number of benzene rings is 1. The number of fused-ring (bicyclic) bond motifs is 1. The molecule has 0 fully saturated rings. The Kier molecular flexibility index (Phi) is 1.77. The molecule has 6 heteroatoms. The molecule has 0 saturated heterocycles. The lowest BCUT2D eigenvalue weighted by Gasteiger charge is -2.14. The summed E-state index contributed by atoms with van der Waals surface area (Å²) in [4.78, 5) is 0. The number of rotatable bonds is 3. The molecule has 0 radical (unpaired) electrons. The van der Waals surface area contributed by atoms with Crippen molar-refractivity contribution in [1.82, 2.24) is 0 Å². The predicted molar refractivity (Wildman–Crippen MR) is 59.2 cm³/mol. The molecule has 5 nitrogen and oxygen atoms in total. The van der Waals surface area contributed by atoms with Crippen LogP contribution in [0.4, 0.5) is 5.69 Å². The SMILES string of the molecule is C=C(C)CNc1ccc2c3c1OP(=O)(O2)O3. The Morgan fingerprint density at radius 2 is 2.12 bits per heavy atom. The van der Waals surface area contributed by atoms with Crippen molar-refractivity contribution in [2.75, 3.05) is 11.9 Å². The average Bonchev–Trinajstić information content (AvgIpc) is 2.69. The van der Waals surface area contributed by atoms with Crippen LogP contribution in [0.5, 0.6) is 17.2 Å². The van der Waals surface area contributed by atoms with Crippen molar-refractivity contribution >= 4 is 13.5 Å². The highest BCUT2D eigenvalue weighted by molar-refractivity contribution is 7.50. The highest BCUT2D eigenvalue weighted by Crippen LogP contribution is 2.70. The van der Waals surface area contributed by atoms with E-state index in [9.17, 15) is 4.57 Å². The van der Waals surface area contributed by atoms with Crippen LogP contribution in [0.25, 0.3) is 0 Å². The van der Waals surface area contributed by atoms with Gasteiger partial charge in [0.1, 0.15) is 0 Å². The first-order chi connectivity index (χ1) is 7.57. The third-order valence-corrected chi connectivity index (χ3v) is 3.51. The van der Waals surface area contributed by atoms with E-state index in [1.165, 1.54) is 0 Å². The van der Waals surface area contributed by atoms with E-state index >= 15 is 0 Å². The number of hydrogen-bond donors (Lipinski definition) is 1. The number of phosphoric acid groups is 1. The molecule has 3 rings (SSSR count). The van der Waals surface area contributed by atoms with Crippen molar-refractivity contribution in [3.8, 4) is 17.2 Å². The second-order valence-electron chi connectivity index (χ2n) is 3.80. The largest absolute Gasteiger partial charge is 0.647 e. The lowest BCUT2D eigenvalue weighted by atomic mass is 10.2. The maximum atomic E-state index is 11.7. The Morgan fingerprint density at radius 3 is 2.81 bits per heavy atom. The average molecular weight is 239 g/mol. The molecule has 0 saturated carbocycles. The van der Waals surface area contributed by atoms with Gasteiger partial charge in [-0.15, -0.1) is 0 Å². The summed E-state index contributed by atoms with van der Waals surface area (Å²) in [5.74, 6) is 1.37. The fourth-order valence-corrected chi connectivity index (χ4v) is 2.88. The molecule has 1 unspecified atom stereocenters. The smallest absolute Gasteiger partial charge is 0.382 e. The van der Waals surface area contributed by atoms with Gasteiger partial charge < -0.3 is 18.9 Å². The molecule has 16 heavy (non-hydrogen) atoms. The molecule has 1 N–H and O–H groups in total. The molecule has 0 amide bonds. The monoisotopic (exact) mass is 239 g/mol. The normalized spacial score (nSPS) is 23.3. The van der Waals surface area contributed by atoms with Crippen molar-refractivity contribution in [1.29, 1.82) is 0 Å². The van der Waals surface area contributed by atoms with E-state index < -0.39 is 7.82 Å². The van der Waals surface area contributed by atoms with Crippen LogP contribution in [0, 0.1) is 0 Å². The number of phosphoric ester groups is 1. The van der Waals surface area contributed by atoms with E-state index in [1.807, 2.05) is 6.92 Å². The second kappa shape index (κ2) is 2.95. The fourth-order valence-electron chi connectivity index (χ4n) is 1.58. The van der Waals surface area contributed by atoms with Gasteiger partial charge in [0.2, 0.25) is 11.5 Å². The van der Waals surface area contributed by atoms with Gasteiger partial charge in [-0.25, -0.2) is 0 Å². The quantitative estimate of drug-likeness (QED) is 0.649. The first-order valence-electron chi connectivity index (χ1n) is 4.81. The lowest BCUT2D eigenvalue weighted by Crippen LogP contribution is -2.05. The molecule has 84 valence electrons. The zero-order valence-corrected chi connectivity index (χ0v) is 9.54. The molecule has 1 aromatic rings. The zero-order chi connectivity index (χ0) is 11.3. The van der Waals surface area contributed by atoms with Crippen LogP contribution < -0.4 is 18.9 Å².